The van der Waals surface area contributed by atoms with Crippen molar-refractivity contribution in [1.82, 2.24) is 0 Å². The third kappa shape index (κ3) is 4.70. The molecule has 3 nitrogen and oxygen atoms in total. The Bertz CT molecular complexity index is 962. The Morgan fingerprint density at radius 2 is 1.52 bits per heavy atom. The van der Waals surface area contributed by atoms with Gasteiger partial charge in [0.2, 0.25) is 0 Å². The van der Waals surface area contributed by atoms with Gasteiger partial charge in [-0.1, -0.05) is 77.8 Å². The molecule has 0 aliphatic heterocycles. The quantitative estimate of drug-likeness (QED) is 0.397. The van der Waals surface area contributed by atoms with Crippen molar-refractivity contribution in [1.29, 1.82) is 0 Å². The largest absolute Gasteiger partial charge is 0.488 e. The maximum absolute atomic E-state index is 11.7. The second-order valence-corrected chi connectivity index (χ2v) is 6.57. The van der Waals surface area contributed by atoms with Crippen LogP contribution in [0.25, 0.3) is 11.6 Å². The van der Waals surface area contributed by atoms with E-state index in [1.165, 1.54) is 0 Å². The average molecular weight is 399 g/mol. The van der Waals surface area contributed by atoms with Crippen molar-refractivity contribution in [2.24, 2.45) is 0 Å². The molecule has 0 saturated carbocycles. The molecule has 27 heavy (non-hydrogen) atoms. The molecule has 0 atom stereocenters. The van der Waals surface area contributed by atoms with Gasteiger partial charge in [-0.15, -0.1) is 0 Å². The lowest BCUT2D eigenvalue weighted by Crippen LogP contribution is -2.01. The molecule has 0 saturated heterocycles. The number of para-hydroxylation sites is 1. The highest BCUT2D eigenvalue weighted by Crippen LogP contribution is 2.29. The third-order valence-electron chi connectivity index (χ3n) is 3.97. The minimum absolute atomic E-state index is 0.178. The number of rotatable bonds is 6. The van der Waals surface area contributed by atoms with Crippen LogP contribution < -0.4 is 4.74 Å². The zero-order valence-corrected chi connectivity index (χ0v) is 15.7. The molecule has 3 aromatic rings. The summed E-state index contributed by atoms with van der Waals surface area (Å²) in [5.41, 5.74) is 2.14. The number of carbonyl (C=O) groups is 1. The van der Waals surface area contributed by atoms with Crippen molar-refractivity contribution < 1.29 is 14.6 Å². The number of hydrogen-bond donors (Lipinski definition) is 1. The summed E-state index contributed by atoms with van der Waals surface area (Å²) in [5.74, 6) is -0.465. The molecule has 0 aliphatic carbocycles. The lowest BCUT2D eigenvalue weighted by Gasteiger charge is -2.12. The van der Waals surface area contributed by atoms with Gasteiger partial charge in [0.15, 0.2) is 0 Å². The molecule has 0 aliphatic rings. The summed E-state index contributed by atoms with van der Waals surface area (Å²) in [6.45, 7) is 0.178. The fraction of sp³-hybridized carbons (Fsp3) is 0.0455. The van der Waals surface area contributed by atoms with E-state index in [0.29, 0.717) is 32.5 Å². The van der Waals surface area contributed by atoms with Crippen LogP contribution in [0.15, 0.2) is 72.8 Å². The summed E-state index contributed by atoms with van der Waals surface area (Å²) in [5, 5.41) is 10.7. The van der Waals surface area contributed by atoms with E-state index in [0.717, 1.165) is 0 Å². The lowest BCUT2D eigenvalue weighted by atomic mass is 10.0. The molecule has 0 bridgehead atoms. The normalized spacial score (nSPS) is 11.3. The number of carboxylic acids is 1. The topological polar surface area (TPSA) is 46.5 Å². The van der Waals surface area contributed by atoms with Gasteiger partial charge in [-0.25, -0.2) is 4.79 Å². The Balaban J connectivity index is 1.93. The summed E-state index contributed by atoms with van der Waals surface area (Å²) in [6.07, 6.45) is 1.60. The monoisotopic (exact) mass is 398 g/mol. The summed E-state index contributed by atoms with van der Waals surface area (Å²) in [4.78, 5) is 11.7. The number of benzene rings is 3. The van der Waals surface area contributed by atoms with Crippen LogP contribution in [0.5, 0.6) is 5.75 Å². The maximum Gasteiger partial charge on any atom is 0.336 e. The van der Waals surface area contributed by atoms with Crippen LogP contribution in [0.1, 0.15) is 16.7 Å². The first-order valence-electron chi connectivity index (χ1n) is 8.21. The first kappa shape index (κ1) is 19.0. The fourth-order valence-corrected chi connectivity index (χ4v) is 3.10. The highest BCUT2D eigenvalue weighted by molar-refractivity contribution is 6.35. The van der Waals surface area contributed by atoms with Gasteiger partial charge >= 0.3 is 5.97 Å². The SMILES string of the molecule is O=C(O)/C(=C\c1ccccc1OCc1c(Cl)cccc1Cl)c1ccccc1. The van der Waals surface area contributed by atoms with Crippen molar-refractivity contribution in [2.45, 2.75) is 6.61 Å². The smallest absolute Gasteiger partial charge is 0.336 e. The van der Waals surface area contributed by atoms with Crippen molar-refractivity contribution in [3.63, 3.8) is 0 Å². The van der Waals surface area contributed by atoms with E-state index < -0.39 is 5.97 Å². The van der Waals surface area contributed by atoms with Gasteiger partial charge in [0.1, 0.15) is 12.4 Å². The van der Waals surface area contributed by atoms with Crippen LogP contribution in [-0.2, 0) is 11.4 Å². The van der Waals surface area contributed by atoms with Crippen LogP contribution >= 0.6 is 23.2 Å². The molecule has 0 unspecified atom stereocenters. The van der Waals surface area contributed by atoms with Gasteiger partial charge in [-0.3, -0.25) is 0 Å². The van der Waals surface area contributed by atoms with Crippen LogP contribution in [0.2, 0.25) is 10.0 Å². The summed E-state index contributed by atoms with van der Waals surface area (Å²) >= 11 is 12.4. The number of carboxylic acid groups (broad SMARTS) is 1. The van der Waals surface area contributed by atoms with Crippen molar-refractivity contribution in [3.8, 4) is 5.75 Å². The Hall–Kier alpha value is -2.75. The molecule has 0 radical (unpaired) electrons. The highest BCUT2D eigenvalue weighted by Gasteiger charge is 2.13. The molecule has 1 N–H and O–H groups in total. The predicted octanol–water partition coefficient (Wildman–Crippen LogP) is 6.20. The van der Waals surface area contributed by atoms with Crippen molar-refractivity contribution >= 4 is 40.8 Å². The molecule has 3 aromatic carbocycles. The third-order valence-corrected chi connectivity index (χ3v) is 4.68. The van der Waals surface area contributed by atoms with Gasteiger partial charge in [0.05, 0.1) is 5.57 Å². The molecule has 3 rings (SSSR count). The maximum atomic E-state index is 11.7. The average Bonchev–Trinajstić information content (AvgIpc) is 2.67. The number of halogens is 2. The zero-order chi connectivity index (χ0) is 19.2. The predicted molar refractivity (Wildman–Crippen MR) is 109 cm³/mol. The number of ether oxygens (including phenoxy) is 1. The van der Waals surface area contributed by atoms with E-state index >= 15 is 0 Å². The van der Waals surface area contributed by atoms with E-state index in [2.05, 4.69) is 0 Å². The fourth-order valence-electron chi connectivity index (χ4n) is 2.59. The summed E-state index contributed by atoms with van der Waals surface area (Å²) < 4.78 is 5.89. The standard InChI is InChI=1S/C22H16Cl2O3/c23-19-10-6-11-20(24)18(19)14-27-21-12-5-4-9-16(21)13-17(22(25)26)15-7-2-1-3-8-15/h1-13H,14H2,(H,25,26)/b17-13-. The molecule has 136 valence electrons. The van der Waals surface area contributed by atoms with E-state index in [1.807, 2.05) is 18.2 Å². The first-order chi connectivity index (χ1) is 13.1. The van der Waals surface area contributed by atoms with E-state index in [4.69, 9.17) is 27.9 Å². The van der Waals surface area contributed by atoms with Gasteiger partial charge in [0, 0.05) is 21.2 Å². The summed E-state index contributed by atoms with van der Waals surface area (Å²) in [7, 11) is 0. The van der Waals surface area contributed by atoms with E-state index in [9.17, 15) is 9.90 Å². The van der Waals surface area contributed by atoms with Gasteiger partial charge in [-0.05, 0) is 29.8 Å². The first-order valence-corrected chi connectivity index (χ1v) is 8.97. The molecule has 0 heterocycles. The Labute approximate surface area is 167 Å². The molecule has 5 heteroatoms. The second-order valence-electron chi connectivity index (χ2n) is 5.76. The molecular weight excluding hydrogens is 383 g/mol. The van der Waals surface area contributed by atoms with Crippen molar-refractivity contribution in [3.05, 3.63) is 99.5 Å². The van der Waals surface area contributed by atoms with Gasteiger partial charge < -0.3 is 9.84 Å². The van der Waals surface area contributed by atoms with E-state index in [1.54, 1.807) is 60.7 Å². The molecular formula is C22H16Cl2O3. The lowest BCUT2D eigenvalue weighted by molar-refractivity contribution is -0.130. The molecule has 0 aromatic heterocycles. The minimum Gasteiger partial charge on any atom is -0.488 e. The summed E-state index contributed by atoms with van der Waals surface area (Å²) in [6, 6.07) is 21.4. The highest BCUT2D eigenvalue weighted by atomic mass is 35.5. The van der Waals surface area contributed by atoms with Crippen LogP contribution in [0, 0.1) is 0 Å². The molecule has 0 fully saturated rings. The van der Waals surface area contributed by atoms with Crippen LogP contribution in [0.3, 0.4) is 0 Å². The van der Waals surface area contributed by atoms with Crippen LogP contribution in [-0.4, -0.2) is 11.1 Å². The van der Waals surface area contributed by atoms with E-state index in [-0.39, 0.29) is 12.2 Å². The molecule has 0 spiro atoms. The van der Waals surface area contributed by atoms with Gasteiger partial charge in [0.25, 0.3) is 0 Å². The number of aliphatic carboxylic acids is 1. The van der Waals surface area contributed by atoms with Gasteiger partial charge in [-0.2, -0.15) is 0 Å². The Morgan fingerprint density at radius 3 is 2.19 bits per heavy atom. The van der Waals surface area contributed by atoms with Crippen LogP contribution in [0.4, 0.5) is 0 Å². The molecule has 0 amide bonds. The minimum atomic E-state index is -1.01. The number of hydrogen-bond acceptors (Lipinski definition) is 2. The van der Waals surface area contributed by atoms with Crippen molar-refractivity contribution in [2.75, 3.05) is 0 Å². The Kier molecular flexibility index (Phi) is 6.17. The Morgan fingerprint density at radius 1 is 0.889 bits per heavy atom. The zero-order valence-electron chi connectivity index (χ0n) is 14.2. The second kappa shape index (κ2) is 8.76.